The van der Waals surface area contributed by atoms with Gasteiger partial charge in [-0.3, -0.25) is 9.78 Å². The van der Waals surface area contributed by atoms with Gasteiger partial charge in [-0.2, -0.15) is 30.7 Å². The number of aromatic nitrogens is 4. The second-order valence-corrected chi connectivity index (χ2v) is 9.85. The van der Waals surface area contributed by atoms with Gasteiger partial charge in [-0.25, -0.2) is 9.97 Å². The number of aryl methyl sites for hydroxylation is 1. The summed E-state index contributed by atoms with van der Waals surface area (Å²) >= 11 is 1.05. The van der Waals surface area contributed by atoms with Gasteiger partial charge < -0.3 is 15.0 Å². The number of ether oxygens (including phenoxy) is 1. The number of hydrogen-bond donors (Lipinski definition) is 1. The third kappa shape index (κ3) is 8.08. The molecule has 1 fully saturated rings. The first-order valence-electron chi connectivity index (χ1n) is 11.9. The third-order valence-electron chi connectivity index (χ3n) is 6.03. The van der Waals surface area contributed by atoms with Gasteiger partial charge in [-0.15, -0.1) is 0 Å². The van der Waals surface area contributed by atoms with Crippen LogP contribution in [0, 0.1) is 6.92 Å². The van der Waals surface area contributed by atoms with Gasteiger partial charge in [0.05, 0.1) is 41.5 Å². The Bertz CT molecular complexity index is 1260. The number of pyridine rings is 1. The fourth-order valence-electron chi connectivity index (χ4n) is 4.01. The summed E-state index contributed by atoms with van der Waals surface area (Å²) in [4.78, 5) is 26.7. The molecule has 0 spiro atoms. The molecule has 15 heteroatoms. The molecule has 0 aromatic carbocycles. The normalized spacial score (nSPS) is 15.4. The highest BCUT2D eigenvalue weighted by atomic mass is 32.1. The number of piperidine rings is 1. The van der Waals surface area contributed by atoms with Crippen molar-refractivity contribution in [3.8, 4) is 5.88 Å². The standard InChI is InChI=1S/C24H24F6N6O2S/c1-14-21(18(39-35-14)10-16-12-32-19(13-31-16)24(28,29)30)22(37)34-15-2-3-20(33-11-15)38-17-4-7-36(8-5-17)9-6-23(25,26)27/h2-3,11-13,17H,4-10H2,1H3,(H,34,37). The Kier molecular flexibility index (Phi) is 8.69. The number of hydrogen-bond acceptors (Lipinski definition) is 8. The van der Waals surface area contributed by atoms with E-state index in [0.717, 1.165) is 17.7 Å². The number of amides is 1. The molecule has 39 heavy (non-hydrogen) atoms. The van der Waals surface area contributed by atoms with E-state index >= 15 is 0 Å². The number of nitrogens with one attached hydrogen (secondary N) is 1. The van der Waals surface area contributed by atoms with Crippen LogP contribution in [0.2, 0.25) is 0 Å². The minimum atomic E-state index is -4.59. The third-order valence-corrected chi connectivity index (χ3v) is 6.96. The van der Waals surface area contributed by atoms with Crippen molar-refractivity contribution >= 4 is 23.1 Å². The fraction of sp³-hybridized carbons (Fsp3) is 0.458. The Labute approximate surface area is 223 Å². The highest BCUT2D eigenvalue weighted by Crippen LogP contribution is 2.28. The van der Waals surface area contributed by atoms with Crippen LogP contribution in [0.25, 0.3) is 0 Å². The molecule has 0 aliphatic carbocycles. The van der Waals surface area contributed by atoms with Crippen molar-refractivity contribution < 1.29 is 35.9 Å². The zero-order valence-corrected chi connectivity index (χ0v) is 21.5. The summed E-state index contributed by atoms with van der Waals surface area (Å²) in [6, 6.07) is 3.19. The summed E-state index contributed by atoms with van der Waals surface area (Å²) in [6.45, 7) is 2.63. The lowest BCUT2D eigenvalue weighted by molar-refractivity contribution is -0.141. The summed E-state index contributed by atoms with van der Waals surface area (Å²) in [6.07, 6.45) is -5.44. The van der Waals surface area contributed by atoms with Crippen molar-refractivity contribution in [2.24, 2.45) is 0 Å². The van der Waals surface area contributed by atoms with Gasteiger partial charge in [-0.1, -0.05) is 0 Å². The van der Waals surface area contributed by atoms with Crippen LogP contribution in [0.15, 0.2) is 30.7 Å². The van der Waals surface area contributed by atoms with Crippen molar-refractivity contribution in [1.29, 1.82) is 0 Å². The summed E-state index contributed by atoms with van der Waals surface area (Å²) in [7, 11) is 0. The minimum Gasteiger partial charge on any atom is -0.474 e. The predicted molar refractivity (Wildman–Crippen MR) is 130 cm³/mol. The average Bonchev–Trinajstić information content (AvgIpc) is 3.24. The van der Waals surface area contributed by atoms with E-state index in [1.165, 1.54) is 6.20 Å². The number of likely N-dealkylation sites (tertiary alicyclic amines) is 1. The molecule has 0 bridgehead atoms. The van der Waals surface area contributed by atoms with Crippen LogP contribution in [0.5, 0.6) is 5.88 Å². The highest BCUT2D eigenvalue weighted by molar-refractivity contribution is 7.06. The quantitative estimate of drug-likeness (QED) is 0.366. The molecule has 1 aliphatic heterocycles. The first-order valence-corrected chi connectivity index (χ1v) is 12.7. The molecule has 210 valence electrons. The van der Waals surface area contributed by atoms with Crippen molar-refractivity contribution in [2.45, 2.75) is 51.1 Å². The Morgan fingerprint density at radius 2 is 1.82 bits per heavy atom. The number of carbonyl (C=O) groups is 1. The zero-order chi connectivity index (χ0) is 28.2. The largest absolute Gasteiger partial charge is 0.474 e. The van der Waals surface area contributed by atoms with E-state index in [4.69, 9.17) is 4.74 Å². The van der Waals surface area contributed by atoms with Gasteiger partial charge in [0, 0.05) is 43.2 Å². The molecule has 3 aromatic heterocycles. The van der Waals surface area contributed by atoms with Gasteiger partial charge in [0.2, 0.25) is 5.88 Å². The molecule has 1 amide bonds. The number of carbonyl (C=O) groups excluding carboxylic acids is 1. The lowest BCUT2D eigenvalue weighted by Gasteiger charge is -2.32. The summed E-state index contributed by atoms with van der Waals surface area (Å²) < 4.78 is 85.5. The van der Waals surface area contributed by atoms with Gasteiger partial charge in [-0.05, 0) is 37.4 Å². The Morgan fingerprint density at radius 1 is 1.08 bits per heavy atom. The molecular formula is C24H24F6N6O2S. The maximum atomic E-state index is 13.0. The molecule has 0 radical (unpaired) electrons. The molecular weight excluding hydrogens is 550 g/mol. The maximum absolute atomic E-state index is 13.0. The first-order chi connectivity index (χ1) is 18.4. The molecule has 4 rings (SSSR count). The van der Waals surface area contributed by atoms with E-state index < -0.39 is 30.4 Å². The number of nitrogens with zero attached hydrogens (tertiary/aromatic N) is 5. The molecule has 1 N–H and O–H groups in total. The van der Waals surface area contributed by atoms with E-state index in [1.807, 2.05) is 0 Å². The van der Waals surface area contributed by atoms with Crippen LogP contribution in [-0.4, -0.2) is 62.0 Å². The van der Waals surface area contributed by atoms with Gasteiger partial charge in [0.1, 0.15) is 6.10 Å². The van der Waals surface area contributed by atoms with E-state index in [2.05, 4.69) is 24.6 Å². The molecule has 1 aliphatic rings. The molecule has 0 unspecified atom stereocenters. The van der Waals surface area contributed by atoms with E-state index in [0.29, 0.717) is 59.8 Å². The van der Waals surface area contributed by atoms with Gasteiger partial charge in [0.25, 0.3) is 5.91 Å². The number of halogens is 6. The Balaban J connectivity index is 1.31. The maximum Gasteiger partial charge on any atom is 0.434 e. The first kappa shape index (κ1) is 28.7. The van der Waals surface area contributed by atoms with Crippen molar-refractivity contribution in [3.63, 3.8) is 0 Å². The molecule has 3 aromatic rings. The van der Waals surface area contributed by atoms with E-state index in [9.17, 15) is 31.1 Å². The predicted octanol–water partition coefficient (Wildman–Crippen LogP) is 5.29. The lowest BCUT2D eigenvalue weighted by Crippen LogP contribution is -2.39. The summed E-state index contributed by atoms with van der Waals surface area (Å²) in [5.74, 6) is -0.130. The van der Waals surface area contributed by atoms with Crippen molar-refractivity contribution in [3.05, 3.63) is 58.2 Å². The second kappa shape index (κ2) is 11.8. The van der Waals surface area contributed by atoms with Crippen LogP contribution < -0.4 is 10.1 Å². The molecule has 4 heterocycles. The van der Waals surface area contributed by atoms with Crippen molar-refractivity contribution in [2.75, 3.05) is 25.0 Å². The van der Waals surface area contributed by atoms with Gasteiger partial charge in [0.15, 0.2) is 5.69 Å². The topological polar surface area (TPSA) is 93.1 Å². The lowest BCUT2D eigenvalue weighted by atomic mass is 10.1. The molecule has 1 saturated heterocycles. The average molecular weight is 575 g/mol. The SMILES string of the molecule is Cc1nsc(Cc2cnc(C(F)(F)F)cn2)c1C(=O)Nc1ccc(OC2CCN(CCC(F)(F)F)CC2)nc1. The second-order valence-electron chi connectivity index (χ2n) is 9.00. The summed E-state index contributed by atoms with van der Waals surface area (Å²) in [5.41, 5.74) is 0.299. The smallest absolute Gasteiger partial charge is 0.434 e. The zero-order valence-electron chi connectivity index (χ0n) is 20.6. The van der Waals surface area contributed by atoms with Crippen molar-refractivity contribution in [1.82, 2.24) is 24.2 Å². The van der Waals surface area contributed by atoms with E-state index in [1.54, 1.807) is 24.0 Å². The molecule has 8 nitrogen and oxygen atoms in total. The number of alkyl halides is 6. The van der Waals surface area contributed by atoms with Crippen LogP contribution in [0.3, 0.4) is 0 Å². The molecule has 0 saturated carbocycles. The van der Waals surface area contributed by atoms with Crippen LogP contribution >= 0.6 is 11.5 Å². The number of rotatable bonds is 8. The van der Waals surface area contributed by atoms with E-state index in [-0.39, 0.29) is 24.8 Å². The number of anilines is 1. The fourth-order valence-corrected chi connectivity index (χ4v) is 4.89. The highest BCUT2D eigenvalue weighted by Gasteiger charge is 2.33. The van der Waals surface area contributed by atoms with Crippen LogP contribution in [-0.2, 0) is 12.6 Å². The summed E-state index contributed by atoms with van der Waals surface area (Å²) in [5, 5.41) is 2.73. The van der Waals surface area contributed by atoms with Crippen LogP contribution in [0.1, 0.15) is 51.6 Å². The van der Waals surface area contributed by atoms with Gasteiger partial charge >= 0.3 is 12.4 Å². The minimum absolute atomic E-state index is 0.0263. The Hall–Kier alpha value is -3.33. The Morgan fingerprint density at radius 3 is 2.41 bits per heavy atom. The van der Waals surface area contributed by atoms with Crippen LogP contribution in [0.4, 0.5) is 32.0 Å². The monoisotopic (exact) mass is 574 g/mol. The molecule has 0 atom stereocenters.